The van der Waals surface area contributed by atoms with Gasteiger partial charge in [0.1, 0.15) is 11.4 Å². The predicted molar refractivity (Wildman–Crippen MR) is 65.6 cm³/mol. The van der Waals surface area contributed by atoms with Gasteiger partial charge in [-0.1, -0.05) is 30.3 Å². The molecule has 90 valence electrons. The van der Waals surface area contributed by atoms with Gasteiger partial charge >= 0.3 is 5.97 Å². The van der Waals surface area contributed by atoms with E-state index in [1.165, 1.54) is 16.7 Å². The molecule has 1 fully saturated rings. The average Bonchev–Trinajstić information content (AvgIpc) is 2.71. The molecule has 17 heavy (non-hydrogen) atoms. The zero-order chi connectivity index (χ0) is 12.4. The molecule has 0 bridgehead atoms. The summed E-state index contributed by atoms with van der Waals surface area (Å²) in [5.74, 6) is -0.738. The summed E-state index contributed by atoms with van der Waals surface area (Å²) < 4.78 is 0. The first-order valence-electron chi connectivity index (χ1n) is 5.32. The molecular formula is C12H13NO3S. The molecule has 1 aliphatic heterocycles. The molecule has 0 spiro atoms. The molecule has 5 heteroatoms. The molecule has 0 aromatic heterocycles. The van der Waals surface area contributed by atoms with Crippen molar-refractivity contribution in [3.63, 3.8) is 0 Å². The molecule has 0 aliphatic carbocycles. The van der Waals surface area contributed by atoms with Crippen molar-refractivity contribution >= 4 is 23.6 Å². The van der Waals surface area contributed by atoms with Gasteiger partial charge in [0, 0.05) is 0 Å². The molecule has 0 saturated carbocycles. The highest BCUT2D eigenvalue weighted by molar-refractivity contribution is 8.00. The fraction of sp³-hybridized carbons (Fsp3) is 0.333. The van der Waals surface area contributed by atoms with Crippen LogP contribution in [-0.4, -0.2) is 33.7 Å². The summed E-state index contributed by atoms with van der Waals surface area (Å²) in [6, 6.07) is 8.72. The number of aliphatic carboxylic acids is 1. The van der Waals surface area contributed by atoms with Gasteiger partial charge in [-0.05, 0) is 12.5 Å². The SMILES string of the molecule is CC(C(=O)O)N1C(=O)CSC1c1ccccc1. The second-order valence-electron chi connectivity index (χ2n) is 3.89. The molecular weight excluding hydrogens is 238 g/mol. The number of benzene rings is 1. The third-order valence-electron chi connectivity index (χ3n) is 2.76. The van der Waals surface area contributed by atoms with Gasteiger partial charge in [0.15, 0.2) is 0 Å². The Hall–Kier alpha value is -1.49. The van der Waals surface area contributed by atoms with Crippen LogP contribution in [0.4, 0.5) is 0 Å². The van der Waals surface area contributed by atoms with E-state index in [1.807, 2.05) is 30.3 Å². The van der Waals surface area contributed by atoms with Crippen molar-refractivity contribution in [1.82, 2.24) is 4.90 Å². The summed E-state index contributed by atoms with van der Waals surface area (Å²) in [4.78, 5) is 24.2. The quantitative estimate of drug-likeness (QED) is 0.889. The molecule has 4 nitrogen and oxygen atoms in total. The fourth-order valence-corrected chi connectivity index (χ4v) is 3.11. The third kappa shape index (κ3) is 2.29. The monoisotopic (exact) mass is 251 g/mol. The summed E-state index contributed by atoms with van der Waals surface area (Å²) in [5, 5.41) is 8.84. The first-order chi connectivity index (χ1) is 8.11. The number of rotatable bonds is 3. The Morgan fingerprint density at radius 2 is 2.12 bits per heavy atom. The fourth-order valence-electron chi connectivity index (χ4n) is 1.85. The van der Waals surface area contributed by atoms with Crippen LogP contribution in [0.3, 0.4) is 0 Å². The van der Waals surface area contributed by atoms with E-state index in [4.69, 9.17) is 5.11 Å². The molecule has 2 atom stereocenters. The highest BCUT2D eigenvalue weighted by atomic mass is 32.2. The third-order valence-corrected chi connectivity index (χ3v) is 3.99. The smallest absolute Gasteiger partial charge is 0.326 e. The number of carboxylic acids is 1. The maximum atomic E-state index is 11.7. The molecule has 1 amide bonds. The van der Waals surface area contributed by atoms with Crippen molar-refractivity contribution in [2.75, 3.05) is 5.75 Å². The lowest BCUT2D eigenvalue weighted by atomic mass is 10.2. The van der Waals surface area contributed by atoms with Crippen LogP contribution in [0.15, 0.2) is 30.3 Å². The first-order valence-corrected chi connectivity index (χ1v) is 6.36. The lowest BCUT2D eigenvalue weighted by molar-refractivity contribution is -0.148. The van der Waals surface area contributed by atoms with Crippen LogP contribution in [0.1, 0.15) is 17.9 Å². The van der Waals surface area contributed by atoms with E-state index < -0.39 is 12.0 Å². The van der Waals surface area contributed by atoms with E-state index in [1.54, 1.807) is 6.92 Å². The molecule has 1 N–H and O–H groups in total. The molecule has 1 aliphatic rings. The second-order valence-corrected chi connectivity index (χ2v) is 4.96. The van der Waals surface area contributed by atoms with E-state index >= 15 is 0 Å². The zero-order valence-electron chi connectivity index (χ0n) is 9.37. The van der Waals surface area contributed by atoms with Gasteiger partial charge in [-0.25, -0.2) is 4.79 Å². The van der Waals surface area contributed by atoms with Gasteiger partial charge in [0.05, 0.1) is 5.75 Å². The van der Waals surface area contributed by atoms with Crippen molar-refractivity contribution in [1.29, 1.82) is 0 Å². The largest absolute Gasteiger partial charge is 0.480 e. The van der Waals surface area contributed by atoms with Crippen LogP contribution in [0.25, 0.3) is 0 Å². The summed E-state index contributed by atoms with van der Waals surface area (Å²) in [7, 11) is 0. The summed E-state index contributed by atoms with van der Waals surface area (Å²) in [5.41, 5.74) is 0.969. The van der Waals surface area contributed by atoms with Crippen molar-refractivity contribution < 1.29 is 14.7 Å². The second kappa shape index (κ2) is 4.79. The van der Waals surface area contributed by atoms with Gasteiger partial charge in [-0.15, -0.1) is 11.8 Å². The van der Waals surface area contributed by atoms with Gasteiger partial charge in [0.25, 0.3) is 0 Å². The van der Waals surface area contributed by atoms with Crippen molar-refractivity contribution in [2.45, 2.75) is 18.3 Å². The topological polar surface area (TPSA) is 57.6 Å². The number of nitrogens with zero attached hydrogens (tertiary/aromatic N) is 1. The Balaban J connectivity index is 2.28. The lowest BCUT2D eigenvalue weighted by Crippen LogP contribution is -2.41. The summed E-state index contributed by atoms with van der Waals surface area (Å²) >= 11 is 1.47. The average molecular weight is 251 g/mol. The maximum Gasteiger partial charge on any atom is 0.326 e. The minimum atomic E-state index is -0.971. The molecule has 1 heterocycles. The number of hydrogen-bond donors (Lipinski definition) is 1. The molecule has 1 aromatic rings. The molecule has 2 rings (SSSR count). The van der Waals surface area contributed by atoms with E-state index in [0.29, 0.717) is 5.75 Å². The maximum absolute atomic E-state index is 11.7. The van der Waals surface area contributed by atoms with Crippen LogP contribution in [0.2, 0.25) is 0 Å². The highest BCUT2D eigenvalue weighted by Gasteiger charge is 2.38. The number of carbonyl (C=O) groups is 2. The Labute approximate surface area is 104 Å². The molecule has 0 radical (unpaired) electrons. The first kappa shape index (κ1) is 12.0. The Kier molecular flexibility index (Phi) is 3.38. The van der Waals surface area contributed by atoms with Gasteiger partial charge < -0.3 is 10.0 Å². The van der Waals surface area contributed by atoms with E-state index in [2.05, 4.69) is 0 Å². The normalized spacial score (nSPS) is 21.6. The predicted octanol–water partition coefficient (Wildman–Crippen LogP) is 1.73. The van der Waals surface area contributed by atoms with Crippen LogP contribution < -0.4 is 0 Å². The van der Waals surface area contributed by atoms with Gasteiger partial charge in [0.2, 0.25) is 5.91 Å². The van der Waals surface area contributed by atoms with E-state index in [-0.39, 0.29) is 11.3 Å². The summed E-state index contributed by atoms with van der Waals surface area (Å²) in [6.45, 7) is 1.54. The van der Waals surface area contributed by atoms with Crippen LogP contribution >= 0.6 is 11.8 Å². The Morgan fingerprint density at radius 1 is 1.47 bits per heavy atom. The zero-order valence-corrected chi connectivity index (χ0v) is 10.2. The number of carboxylic acid groups (broad SMARTS) is 1. The van der Waals surface area contributed by atoms with Crippen LogP contribution in [0, 0.1) is 0 Å². The van der Waals surface area contributed by atoms with Crippen LogP contribution in [-0.2, 0) is 9.59 Å². The molecule has 1 aromatic carbocycles. The Morgan fingerprint density at radius 3 is 2.71 bits per heavy atom. The Bertz CT molecular complexity index is 435. The number of thioether (sulfide) groups is 1. The van der Waals surface area contributed by atoms with Crippen LogP contribution in [0.5, 0.6) is 0 Å². The lowest BCUT2D eigenvalue weighted by Gasteiger charge is -2.27. The van der Waals surface area contributed by atoms with Crippen molar-refractivity contribution in [3.8, 4) is 0 Å². The number of amides is 1. The number of hydrogen-bond acceptors (Lipinski definition) is 3. The minimum absolute atomic E-state index is 0.112. The minimum Gasteiger partial charge on any atom is -0.480 e. The van der Waals surface area contributed by atoms with Crippen molar-refractivity contribution in [3.05, 3.63) is 35.9 Å². The van der Waals surface area contributed by atoms with E-state index in [9.17, 15) is 9.59 Å². The van der Waals surface area contributed by atoms with E-state index in [0.717, 1.165) is 5.56 Å². The molecule has 1 saturated heterocycles. The van der Waals surface area contributed by atoms with Gasteiger partial charge in [-0.3, -0.25) is 4.79 Å². The number of carbonyl (C=O) groups excluding carboxylic acids is 1. The standard InChI is InChI=1S/C12H13NO3S/c1-8(12(15)16)13-10(14)7-17-11(13)9-5-3-2-4-6-9/h2-6,8,11H,7H2,1H3,(H,15,16). The molecule has 2 unspecified atom stereocenters. The summed E-state index contributed by atoms with van der Waals surface area (Å²) in [6.07, 6.45) is 0. The van der Waals surface area contributed by atoms with Gasteiger partial charge in [-0.2, -0.15) is 0 Å². The highest BCUT2D eigenvalue weighted by Crippen LogP contribution is 2.39. The van der Waals surface area contributed by atoms with Crippen molar-refractivity contribution in [2.24, 2.45) is 0 Å².